The maximum absolute atomic E-state index is 12.3. The molecule has 3 nitrogen and oxygen atoms in total. The second-order valence-electron chi connectivity index (χ2n) is 2.69. The highest BCUT2D eigenvalue weighted by Crippen LogP contribution is 2.35. The number of nitrogens with zero attached hydrogens (tertiary/aromatic N) is 1. The van der Waals surface area contributed by atoms with Crippen LogP contribution in [-0.2, 0) is 21.0 Å². The number of halogens is 4. The Hall–Kier alpha value is -0.340. The van der Waals surface area contributed by atoms with Crippen LogP contribution in [0.2, 0.25) is 0 Å². The Balaban J connectivity index is 3.19. The highest BCUT2D eigenvalue weighted by molar-refractivity contribution is 8.13. The second-order valence-corrected chi connectivity index (χ2v) is 6.75. The van der Waals surface area contributed by atoms with Crippen molar-refractivity contribution in [2.45, 2.75) is 18.9 Å². The summed E-state index contributed by atoms with van der Waals surface area (Å²) in [6, 6.07) is 0. The van der Waals surface area contributed by atoms with E-state index in [9.17, 15) is 21.6 Å². The zero-order valence-electron chi connectivity index (χ0n) is 7.30. The zero-order chi connectivity index (χ0) is 11.9. The third-order valence-electron chi connectivity index (χ3n) is 1.38. The second kappa shape index (κ2) is 3.91. The first-order valence-electron chi connectivity index (χ1n) is 3.55. The predicted molar refractivity (Wildman–Crippen MR) is 50.3 cm³/mol. The molecular weight excluding hydrogens is 275 g/mol. The van der Waals surface area contributed by atoms with Crippen molar-refractivity contribution in [3.05, 3.63) is 15.6 Å². The minimum atomic E-state index is -4.65. The molecule has 1 aromatic heterocycles. The third kappa shape index (κ3) is 3.62. The first-order valence-corrected chi connectivity index (χ1v) is 6.85. The summed E-state index contributed by atoms with van der Waals surface area (Å²) in [4.78, 5) is 2.86. The summed E-state index contributed by atoms with van der Waals surface area (Å²) in [5.41, 5.74) is -1.17. The van der Waals surface area contributed by atoms with Gasteiger partial charge in [0.15, 0.2) is 5.69 Å². The molecule has 0 aromatic carbocycles. The summed E-state index contributed by atoms with van der Waals surface area (Å²) in [5.74, 6) is -0.852. The number of aryl methyl sites for hydroxylation is 1. The molecule has 86 valence electrons. The first-order chi connectivity index (χ1) is 6.59. The van der Waals surface area contributed by atoms with Crippen LogP contribution < -0.4 is 0 Å². The number of alkyl halides is 3. The van der Waals surface area contributed by atoms with Crippen molar-refractivity contribution >= 4 is 31.1 Å². The number of hydrogen-bond acceptors (Lipinski definition) is 4. The van der Waals surface area contributed by atoms with Crippen molar-refractivity contribution in [3.8, 4) is 0 Å². The number of aromatic nitrogens is 1. The van der Waals surface area contributed by atoms with Crippen LogP contribution in [0.15, 0.2) is 0 Å². The van der Waals surface area contributed by atoms with Crippen molar-refractivity contribution in [3.63, 3.8) is 0 Å². The van der Waals surface area contributed by atoms with Gasteiger partial charge in [0.25, 0.3) is 0 Å². The normalized spacial score (nSPS) is 13.1. The van der Waals surface area contributed by atoms with Gasteiger partial charge in [-0.1, -0.05) is 0 Å². The fourth-order valence-corrected chi connectivity index (χ4v) is 3.37. The van der Waals surface area contributed by atoms with Gasteiger partial charge in [0.2, 0.25) is 9.05 Å². The van der Waals surface area contributed by atoms with E-state index in [1.165, 1.54) is 6.92 Å². The van der Waals surface area contributed by atoms with Gasteiger partial charge in [-0.2, -0.15) is 13.2 Å². The molecule has 0 saturated heterocycles. The molecule has 0 amide bonds. The SMILES string of the molecule is Cc1nc(C(F)(F)F)c(CS(=O)(=O)Cl)s1. The van der Waals surface area contributed by atoms with Gasteiger partial charge >= 0.3 is 6.18 Å². The van der Waals surface area contributed by atoms with Gasteiger partial charge in [-0.25, -0.2) is 13.4 Å². The molecule has 1 rings (SSSR count). The van der Waals surface area contributed by atoms with Crippen molar-refractivity contribution < 1.29 is 21.6 Å². The number of rotatable bonds is 2. The van der Waals surface area contributed by atoms with Gasteiger partial charge in [0.05, 0.1) is 9.88 Å². The fourth-order valence-electron chi connectivity index (χ4n) is 0.945. The topological polar surface area (TPSA) is 47.0 Å². The molecular formula is C6H5ClF3NO2S2. The minimum absolute atomic E-state index is 0.151. The molecule has 0 aliphatic rings. The quantitative estimate of drug-likeness (QED) is 0.782. The van der Waals surface area contributed by atoms with E-state index in [1.54, 1.807) is 0 Å². The Morgan fingerprint density at radius 1 is 1.47 bits per heavy atom. The standard InChI is InChI=1S/C6H5ClF3NO2S2/c1-3-11-5(6(8,9)10)4(14-3)2-15(7,12)13/h2H2,1H3. The van der Waals surface area contributed by atoms with E-state index < -0.39 is 26.7 Å². The lowest BCUT2D eigenvalue weighted by molar-refractivity contribution is -0.141. The molecule has 9 heteroatoms. The summed E-state index contributed by atoms with van der Waals surface area (Å²) in [6.07, 6.45) is -4.65. The average Bonchev–Trinajstić information content (AvgIpc) is 2.25. The van der Waals surface area contributed by atoms with Crippen LogP contribution in [-0.4, -0.2) is 13.4 Å². The van der Waals surface area contributed by atoms with Crippen molar-refractivity contribution in [2.24, 2.45) is 0 Å². The van der Waals surface area contributed by atoms with Gasteiger partial charge in [0.1, 0.15) is 5.75 Å². The minimum Gasteiger partial charge on any atom is -0.237 e. The summed E-state index contributed by atoms with van der Waals surface area (Å²) in [5, 5.41) is 0.151. The van der Waals surface area contributed by atoms with E-state index in [-0.39, 0.29) is 9.88 Å². The Morgan fingerprint density at radius 3 is 2.40 bits per heavy atom. The summed E-state index contributed by atoms with van der Waals surface area (Å²) >= 11 is 0.673. The monoisotopic (exact) mass is 279 g/mol. The van der Waals surface area contributed by atoms with Gasteiger partial charge < -0.3 is 0 Å². The molecule has 0 aliphatic heterocycles. The van der Waals surface area contributed by atoms with Crippen molar-refractivity contribution in [1.29, 1.82) is 0 Å². The number of hydrogen-bond donors (Lipinski definition) is 0. The van der Waals surface area contributed by atoms with Gasteiger partial charge in [0, 0.05) is 10.7 Å². The molecule has 0 saturated carbocycles. The average molecular weight is 280 g/mol. The van der Waals surface area contributed by atoms with E-state index in [1.807, 2.05) is 0 Å². The molecule has 0 radical (unpaired) electrons. The molecule has 0 aliphatic carbocycles. The summed E-state index contributed by atoms with van der Waals surface area (Å²) in [7, 11) is 0.879. The lowest BCUT2D eigenvalue weighted by Crippen LogP contribution is -2.10. The summed E-state index contributed by atoms with van der Waals surface area (Å²) < 4.78 is 58.4. The summed E-state index contributed by atoms with van der Waals surface area (Å²) in [6.45, 7) is 1.37. The predicted octanol–water partition coefficient (Wildman–Crippen LogP) is 2.54. The molecule has 0 atom stereocenters. The molecule has 1 heterocycles. The molecule has 1 aromatic rings. The van der Waals surface area contributed by atoms with Crippen LogP contribution in [0.4, 0.5) is 13.2 Å². The van der Waals surface area contributed by atoms with Crippen LogP contribution in [0.1, 0.15) is 15.6 Å². The fraction of sp³-hybridized carbons (Fsp3) is 0.500. The number of thiazole rings is 1. The van der Waals surface area contributed by atoms with Crippen LogP contribution in [0.25, 0.3) is 0 Å². The maximum atomic E-state index is 12.3. The molecule has 15 heavy (non-hydrogen) atoms. The van der Waals surface area contributed by atoms with Crippen LogP contribution in [0, 0.1) is 6.92 Å². The van der Waals surface area contributed by atoms with E-state index in [2.05, 4.69) is 4.98 Å². The van der Waals surface area contributed by atoms with E-state index in [0.717, 1.165) is 0 Å². The van der Waals surface area contributed by atoms with E-state index in [4.69, 9.17) is 10.7 Å². The largest absolute Gasteiger partial charge is 0.434 e. The van der Waals surface area contributed by atoms with Crippen LogP contribution >= 0.6 is 22.0 Å². The van der Waals surface area contributed by atoms with Gasteiger partial charge in [-0.05, 0) is 6.92 Å². The van der Waals surface area contributed by atoms with Crippen molar-refractivity contribution in [2.75, 3.05) is 0 Å². The van der Waals surface area contributed by atoms with Gasteiger partial charge in [-0.15, -0.1) is 11.3 Å². The zero-order valence-corrected chi connectivity index (χ0v) is 9.69. The van der Waals surface area contributed by atoms with Gasteiger partial charge in [-0.3, -0.25) is 0 Å². The molecule has 0 spiro atoms. The van der Waals surface area contributed by atoms with E-state index in [0.29, 0.717) is 11.3 Å². The van der Waals surface area contributed by atoms with E-state index >= 15 is 0 Å². The highest BCUT2D eigenvalue weighted by Gasteiger charge is 2.37. The van der Waals surface area contributed by atoms with Crippen LogP contribution in [0.3, 0.4) is 0 Å². The maximum Gasteiger partial charge on any atom is 0.434 e. The lowest BCUT2D eigenvalue weighted by Gasteiger charge is -2.04. The molecule has 0 bridgehead atoms. The highest BCUT2D eigenvalue weighted by atomic mass is 35.7. The Kier molecular flexibility index (Phi) is 3.32. The Morgan fingerprint density at radius 2 is 2.00 bits per heavy atom. The molecule has 0 unspecified atom stereocenters. The Labute approximate surface area is 92.3 Å². The molecule has 0 fully saturated rings. The van der Waals surface area contributed by atoms with Crippen molar-refractivity contribution in [1.82, 2.24) is 4.98 Å². The lowest BCUT2D eigenvalue weighted by atomic mass is 10.4. The van der Waals surface area contributed by atoms with Crippen LogP contribution in [0.5, 0.6) is 0 Å². The third-order valence-corrected chi connectivity index (χ3v) is 3.49. The molecule has 0 N–H and O–H groups in total. The Bertz CT molecular complexity index is 465. The first kappa shape index (κ1) is 12.7. The smallest absolute Gasteiger partial charge is 0.237 e.